The van der Waals surface area contributed by atoms with E-state index >= 15 is 0 Å². The molecule has 2 aromatic rings. The van der Waals surface area contributed by atoms with E-state index in [1.165, 1.54) is 13.2 Å². The van der Waals surface area contributed by atoms with Crippen molar-refractivity contribution in [2.24, 2.45) is 0 Å². The summed E-state index contributed by atoms with van der Waals surface area (Å²) in [5, 5.41) is 0.105. The quantitative estimate of drug-likeness (QED) is 0.289. The molecule has 2 aromatic carbocycles. The van der Waals surface area contributed by atoms with Gasteiger partial charge in [-0.2, -0.15) is 21.6 Å². The van der Waals surface area contributed by atoms with Crippen molar-refractivity contribution in [3.63, 3.8) is 0 Å². The second kappa shape index (κ2) is 9.45. The monoisotopic (exact) mass is 466 g/mol. The van der Waals surface area contributed by atoms with E-state index in [2.05, 4.69) is 4.18 Å². The van der Waals surface area contributed by atoms with Gasteiger partial charge in [0, 0.05) is 18.2 Å². The Labute approximate surface area is 178 Å². The highest BCUT2D eigenvalue weighted by molar-refractivity contribution is 7.88. The van der Waals surface area contributed by atoms with Gasteiger partial charge in [0.05, 0.1) is 0 Å². The molecular formula is C20H22ClF3O5S. The van der Waals surface area contributed by atoms with Crippen molar-refractivity contribution in [3.8, 4) is 11.5 Å². The summed E-state index contributed by atoms with van der Waals surface area (Å²) in [4.78, 5) is 0. The van der Waals surface area contributed by atoms with E-state index in [4.69, 9.17) is 21.1 Å². The number of benzene rings is 2. The van der Waals surface area contributed by atoms with Crippen LogP contribution >= 0.6 is 11.6 Å². The summed E-state index contributed by atoms with van der Waals surface area (Å²) in [6.45, 7) is 5.77. The Balaban J connectivity index is 2.32. The zero-order valence-corrected chi connectivity index (χ0v) is 18.4. The summed E-state index contributed by atoms with van der Waals surface area (Å²) in [6.07, 6.45) is 0.390. The molecule has 10 heteroatoms. The van der Waals surface area contributed by atoms with Gasteiger partial charge in [0.2, 0.25) is 0 Å². The van der Waals surface area contributed by atoms with Gasteiger partial charge in [0.15, 0.2) is 6.79 Å². The number of alkyl halides is 3. The molecule has 0 aromatic heterocycles. The maximum absolute atomic E-state index is 12.5. The normalized spacial score (nSPS) is 12.3. The summed E-state index contributed by atoms with van der Waals surface area (Å²) in [5.74, 6) is 0.376. The van der Waals surface area contributed by atoms with Gasteiger partial charge in [0.25, 0.3) is 0 Å². The topological polar surface area (TPSA) is 61.8 Å². The Morgan fingerprint density at radius 3 is 2.33 bits per heavy atom. The van der Waals surface area contributed by atoms with E-state index in [0.29, 0.717) is 23.3 Å². The molecule has 0 saturated heterocycles. The lowest BCUT2D eigenvalue weighted by Crippen LogP contribution is -2.28. The standard InChI is InChI=1S/C20H22ClF3O5S/c1-12(2)16-8-14(5-6-19(16)28-11-27-4)9-17-13(3)7-15(10-18(17)21)29-30(25,26)20(22,23)24/h5-8,10,12H,9,11H2,1-4H3. The van der Waals surface area contributed by atoms with Gasteiger partial charge in [-0.15, -0.1) is 0 Å². The Bertz CT molecular complexity index is 981. The third-order valence-electron chi connectivity index (χ3n) is 4.29. The van der Waals surface area contributed by atoms with Crippen LogP contribution in [0.2, 0.25) is 5.02 Å². The fraction of sp³-hybridized carbons (Fsp3) is 0.400. The third-order valence-corrected chi connectivity index (χ3v) is 5.61. The second-order valence-corrected chi connectivity index (χ2v) is 8.88. The van der Waals surface area contributed by atoms with Crippen molar-refractivity contribution in [3.05, 3.63) is 57.6 Å². The van der Waals surface area contributed by atoms with Gasteiger partial charge < -0.3 is 13.7 Å². The van der Waals surface area contributed by atoms with Crippen molar-refractivity contribution in [1.29, 1.82) is 0 Å². The van der Waals surface area contributed by atoms with Crippen LogP contribution in [0.15, 0.2) is 30.3 Å². The van der Waals surface area contributed by atoms with Crippen LogP contribution in [-0.2, 0) is 21.3 Å². The number of hydrogen-bond acceptors (Lipinski definition) is 5. The largest absolute Gasteiger partial charge is 0.534 e. The van der Waals surface area contributed by atoms with E-state index in [9.17, 15) is 21.6 Å². The SMILES string of the molecule is COCOc1ccc(Cc2c(C)cc(OS(=O)(=O)C(F)(F)F)cc2Cl)cc1C(C)C. The van der Waals surface area contributed by atoms with Crippen LogP contribution < -0.4 is 8.92 Å². The molecule has 0 aliphatic carbocycles. The molecule has 0 amide bonds. The number of halogens is 4. The van der Waals surface area contributed by atoms with Crippen LogP contribution in [0.4, 0.5) is 13.2 Å². The zero-order chi connectivity index (χ0) is 22.7. The van der Waals surface area contributed by atoms with Crippen LogP contribution in [0.3, 0.4) is 0 Å². The average Bonchev–Trinajstić information content (AvgIpc) is 2.62. The highest BCUT2D eigenvalue weighted by atomic mass is 35.5. The predicted octanol–water partition coefficient (Wildman–Crippen LogP) is 5.57. The van der Waals surface area contributed by atoms with Crippen LogP contribution in [0.25, 0.3) is 0 Å². The molecule has 0 spiro atoms. The molecule has 0 aliphatic heterocycles. The maximum Gasteiger partial charge on any atom is 0.534 e. The van der Waals surface area contributed by atoms with Crippen molar-refractivity contribution < 1.29 is 35.2 Å². The first kappa shape index (κ1) is 24.3. The summed E-state index contributed by atoms with van der Waals surface area (Å²) in [6, 6.07) is 7.91. The fourth-order valence-corrected chi connectivity index (χ4v) is 3.57. The van der Waals surface area contributed by atoms with Crippen LogP contribution in [0, 0.1) is 6.92 Å². The molecular weight excluding hydrogens is 445 g/mol. The highest BCUT2D eigenvalue weighted by Crippen LogP contribution is 2.34. The smallest absolute Gasteiger partial charge is 0.467 e. The van der Waals surface area contributed by atoms with Crippen molar-refractivity contribution in [2.45, 2.75) is 38.6 Å². The molecule has 0 fully saturated rings. The highest BCUT2D eigenvalue weighted by Gasteiger charge is 2.48. The molecule has 0 heterocycles. The predicted molar refractivity (Wildman–Crippen MR) is 108 cm³/mol. The minimum Gasteiger partial charge on any atom is -0.467 e. The molecule has 0 unspecified atom stereocenters. The number of hydrogen-bond donors (Lipinski definition) is 0. The minimum atomic E-state index is -5.77. The Morgan fingerprint density at radius 2 is 1.80 bits per heavy atom. The minimum absolute atomic E-state index is 0.105. The lowest BCUT2D eigenvalue weighted by atomic mass is 9.95. The van der Waals surface area contributed by atoms with Gasteiger partial charge in [-0.3, -0.25) is 0 Å². The summed E-state index contributed by atoms with van der Waals surface area (Å²) in [7, 11) is -4.24. The van der Waals surface area contributed by atoms with Crippen molar-refractivity contribution in [2.75, 3.05) is 13.9 Å². The molecule has 0 saturated carbocycles. The van der Waals surface area contributed by atoms with E-state index in [-0.39, 0.29) is 17.7 Å². The first-order chi connectivity index (χ1) is 13.9. The van der Waals surface area contributed by atoms with E-state index in [1.807, 2.05) is 32.0 Å². The Morgan fingerprint density at radius 1 is 1.13 bits per heavy atom. The van der Waals surface area contributed by atoms with Crippen LogP contribution in [-0.4, -0.2) is 27.8 Å². The summed E-state index contributed by atoms with van der Waals surface area (Å²) in [5.41, 5.74) is -2.50. The number of ether oxygens (including phenoxy) is 2. The van der Waals surface area contributed by atoms with E-state index in [0.717, 1.165) is 17.2 Å². The molecule has 0 aliphatic rings. The second-order valence-electron chi connectivity index (χ2n) is 6.94. The van der Waals surface area contributed by atoms with Gasteiger partial charge in [-0.1, -0.05) is 37.6 Å². The number of rotatable bonds is 8. The van der Waals surface area contributed by atoms with Crippen molar-refractivity contribution in [1.82, 2.24) is 0 Å². The molecule has 30 heavy (non-hydrogen) atoms. The summed E-state index contributed by atoms with van der Waals surface area (Å²) < 4.78 is 74.7. The zero-order valence-electron chi connectivity index (χ0n) is 16.8. The number of aryl methyl sites for hydroxylation is 1. The fourth-order valence-electron chi connectivity index (χ4n) is 2.81. The van der Waals surface area contributed by atoms with E-state index < -0.39 is 21.4 Å². The first-order valence-electron chi connectivity index (χ1n) is 8.90. The van der Waals surface area contributed by atoms with Gasteiger partial charge in [-0.25, -0.2) is 0 Å². The molecule has 0 atom stereocenters. The Kier molecular flexibility index (Phi) is 7.65. The lowest BCUT2D eigenvalue weighted by Gasteiger charge is -2.17. The first-order valence-corrected chi connectivity index (χ1v) is 10.7. The molecule has 5 nitrogen and oxygen atoms in total. The number of methoxy groups -OCH3 is 1. The molecule has 0 N–H and O–H groups in total. The molecule has 0 bridgehead atoms. The van der Waals surface area contributed by atoms with Gasteiger partial charge in [0.1, 0.15) is 11.5 Å². The molecule has 166 valence electrons. The molecule has 2 rings (SSSR count). The Hall–Kier alpha value is -1.97. The maximum atomic E-state index is 12.5. The lowest BCUT2D eigenvalue weighted by molar-refractivity contribution is -0.0500. The van der Waals surface area contributed by atoms with E-state index in [1.54, 1.807) is 6.92 Å². The average molecular weight is 467 g/mol. The van der Waals surface area contributed by atoms with Crippen molar-refractivity contribution >= 4 is 21.7 Å². The van der Waals surface area contributed by atoms with Gasteiger partial charge >= 0.3 is 15.6 Å². The summed E-state index contributed by atoms with van der Waals surface area (Å²) >= 11 is 6.23. The third kappa shape index (κ3) is 5.80. The molecule has 0 radical (unpaired) electrons. The van der Waals surface area contributed by atoms with Crippen LogP contribution in [0.5, 0.6) is 11.5 Å². The van der Waals surface area contributed by atoms with Gasteiger partial charge in [-0.05, 0) is 53.6 Å². The van der Waals surface area contributed by atoms with Crippen LogP contribution in [0.1, 0.15) is 42.0 Å².